The van der Waals surface area contributed by atoms with Crippen LogP contribution >= 0.6 is 0 Å². The summed E-state index contributed by atoms with van der Waals surface area (Å²) in [4.78, 5) is 26.9. The number of aryl methyl sites for hydroxylation is 1. The minimum atomic E-state index is -0.173. The zero-order valence-electron chi connectivity index (χ0n) is 21.0. The van der Waals surface area contributed by atoms with E-state index < -0.39 is 0 Å². The van der Waals surface area contributed by atoms with Crippen LogP contribution in [-0.4, -0.2) is 24.5 Å². The lowest BCUT2D eigenvalue weighted by Gasteiger charge is -2.58. The molecule has 34 heavy (non-hydrogen) atoms. The van der Waals surface area contributed by atoms with Crippen molar-refractivity contribution in [3.63, 3.8) is 0 Å². The number of carbonyl (C=O) groups excluding carboxylic acids is 2. The van der Waals surface area contributed by atoms with Crippen molar-refractivity contribution < 1.29 is 14.3 Å². The highest BCUT2D eigenvalue weighted by atomic mass is 16.6. The fourth-order valence-corrected chi connectivity index (χ4v) is 9.05. The summed E-state index contributed by atoms with van der Waals surface area (Å²) in [6, 6.07) is 8.17. The van der Waals surface area contributed by atoms with E-state index in [2.05, 4.69) is 32.9 Å². The molecule has 3 saturated carbocycles. The Morgan fingerprint density at radius 2 is 1.65 bits per heavy atom. The number of fused-ring (bicyclic) bond motifs is 5. The van der Waals surface area contributed by atoms with Gasteiger partial charge in [-0.3, -0.25) is 9.69 Å². The van der Waals surface area contributed by atoms with Crippen LogP contribution in [0, 0.1) is 41.4 Å². The third-order valence-electron chi connectivity index (χ3n) is 10.9. The predicted octanol–water partition coefficient (Wildman–Crippen LogP) is 6.86. The maximum absolute atomic E-state index is 13.0. The lowest BCUT2D eigenvalue weighted by Crippen LogP contribution is -2.53. The number of allylic oxidation sites excluding steroid dienone is 1. The van der Waals surface area contributed by atoms with Crippen LogP contribution in [0.3, 0.4) is 0 Å². The van der Waals surface area contributed by atoms with Gasteiger partial charge < -0.3 is 4.74 Å². The molecule has 1 unspecified atom stereocenters. The molecular formula is C30H39NO3. The van der Waals surface area contributed by atoms with Crippen molar-refractivity contribution in [3.8, 4) is 0 Å². The lowest BCUT2D eigenvalue weighted by molar-refractivity contribution is -0.118. The van der Waals surface area contributed by atoms with E-state index in [1.807, 2.05) is 23.1 Å². The van der Waals surface area contributed by atoms with Crippen molar-refractivity contribution in [1.29, 1.82) is 0 Å². The van der Waals surface area contributed by atoms with Crippen molar-refractivity contribution in [2.24, 2.45) is 34.5 Å². The summed E-state index contributed by atoms with van der Waals surface area (Å²) >= 11 is 0. The van der Waals surface area contributed by atoms with Gasteiger partial charge in [-0.2, -0.15) is 0 Å². The molecule has 0 aromatic heterocycles. The van der Waals surface area contributed by atoms with Crippen LogP contribution in [0.2, 0.25) is 0 Å². The van der Waals surface area contributed by atoms with E-state index in [4.69, 9.17) is 4.74 Å². The smallest absolute Gasteiger partial charge is 0.414 e. The summed E-state index contributed by atoms with van der Waals surface area (Å²) in [5.41, 5.74) is 4.07. The molecule has 5 aliphatic rings. The number of ketones is 1. The Morgan fingerprint density at radius 3 is 2.41 bits per heavy atom. The molecule has 1 aromatic rings. The third-order valence-corrected chi connectivity index (χ3v) is 10.9. The molecular weight excluding hydrogens is 422 g/mol. The van der Waals surface area contributed by atoms with E-state index in [0.717, 1.165) is 49.8 Å². The first-order chi connectivity index (χ1) is 16.3. The van der Waals surface area contributed by atoms with Crippen LogP contribution in [0.4, 0.5) is 10.5 Å². The first-order valence-corrected chi connectivity index (χ1v) is 13.6. The normalized spacial score (nSPS) is 41.8. The molecule has 1 saturated heterocycles. The summed E-state index contributed by atoms with van der Waals surface area (Å²) in [7, 11) is 0. The first-order valence-electron chi connectivity index (χ1n) is 13.6. The maximum atomic E-state index is 13.0. The Hall–Kier alpha value is -2.10. The Labute approximate surface area is 204 Å². The van der Waals surface area contributed by atoms with E-state index in [1.165, 1.54) is 43.2 Å². The highest BCUT2D eigenvalue weighted by Gasteiger charge is 2.60. The number of carbonyl (C=O) groups is 2. The number of benzene rings is 1. The monoisotopic (exact) mass is 461 g/mol. The summed E-state index contributed by atoms with van der Waals surface area (Å²) in [6.45, 7) is 7.79. The lowest BCUT2D eigenvalue weighted by atomic mass is 9.46. The SMILES string of the molecule is Cc1ccc(N2CCC([C@H]3CC[C@H]4[C@@H]5CCC6=CC(=O)CC[C@]6(C)[C@H]5CC[C@]34C)OC2=O)cc1. The molecule has 0 N–H and O–H groups in total. The van der Waals surface area contributed by atoms with Gasteiger partial charge in [0.25, 0.3) is 0 Å². The zero-order chi connectivity index (χ0) is 23.7. The molecule has 4 fully saturated rings. The largest absolute Gasteiger partial charge is 0.445 e. The van der Waals surface area contributed by atoms with Crippen molar-refractivity contribution in [1.82, 2.24) is 0 Å². The average Bonchev–Trinajstić information content (AvgIpc) is 3.17. The van der Waals surface area contributed by atoms with E-state index in [0.29, 0.717) is 17.6 Å². The Balaban J connectivity index is 1.19. The highest BCUT2D eigenvalue weighted by molar-refractivity contribution is 5.91. The number of cyclic esters (lactones) is 1. The van der Waals surface area contributed by atoms with Crippen LogP contribution in [0.1, 0.15) is 77.2 Å². The van der Waals surface area contributed by atoms with Crippen LogP contribution in [-0.2, 0) is 9.53 Å². The maximum Gasteiger partial charge on any atom is 0.414 e. The number of ether oxygens (including phenoxy) is 1. The summed E-state index contributed by atoms with van der Waals surface area (Å²) in [5, 5.41) is 0. The molecule has 1 heterocycles. The fraction of sp³-hybridized carbons (Fsp3) is 0.667. The number of nitrogens with zero attached hydrogens (tertiary/aromatic N) is 1. The van der Waals surface area contributed by atoms with Gasteiger partial charge >= 0.3 is 6.09 Å². The number of rotatable bonds is 2. The van der Waals surface area contributed by atoms with E-state index in [1.54, 1.807) is 0 Å². The number of hydrogen-bond acceptors (Lipinski definition) is 3. The molecule has 0 spiro atoms. The predicted molar refractivity (Wildman–Crippen MR) is 134 cm³/mol. The van der Waals surface area contributed by atoms with Crippen LogP contribution in [0.5, 0.6) is 0 Å². The third kappa shape index (κ3) is 3.31. The second-order valence-corrected chi connectivity index (χ2v) is 12.4. The van der Waals surface area contributed by atoms with Crippen molar-refractivity contribution in [3.05, 3.63) is 41.5 Å². The Morgan fingerprint density at radius 1 is 0.882 bits per heavy atom. The van der Waals surface area contributed by atoms with Gasteiger partial charge in [-0.1, -0.05) is 37.1 Å². The van der Waals surface area contributed by atoms with Crippen molar-refractivity contribution >= 4 is 17.6 Å². The number of hydrogen-bond donors (Lipinski definition) is 0. The second-order valence-electron chi connectivity index (χ2n) is 12.4. The average molecular weight is 462 g/mol. The number of amides is 1. The molecule has 7 atom stereocenters. The van der Waals surface area contributed by atoms with Gasteiger partial charge in [-0.25, -0.2) is 4.79 Å². The van der Waals surface area contributed by atoms with E-state index >= 15 is 0 Å². The molecule has 0 bridgehead atoms. The van der Waals surface area contributed by atoms with E-state index in [9.17, 15) is 9.59 Å². The summed E-state index contributed by atoms with van der Waals surface area (Å²) in [6.07, 6.45) is 11.8. The van der Waals surface area contributed by atoms with Crippen molar-refractivity contribution in [2.45, 2.75) is 84.7 Å². The topological polar surface area (TPSA) is 46.6 Å². The Bertz CT molecular complexity index is 1030. The van der Waals surface area contributed by atoms with Crippen LogP contribution in [0.25, 0.3) is 0 Å². The molecule has 4 nitrogen and oxygen atoms in total. The summed E-state index contributed by atoms with van der Waals surface area (Å²) in [5.74, 6) is 3.00. The van der Waals surface area contributed by atoms with Gasteiger partial charge in [-0.05, 0) is 98.7 Å². The van der Waals surface area contributed by atoms with E-state index in [-0.39, 0.29) is 23.0 Å². The molecule has 6 rings (SSSR count). The molecule has 4 heteroatoms. The van der Waals surface area contributed by atoms with Gasteiger partial charge in [0.2, 0.25) is 0 Å². The minimum Gasteiger partial charge on any atom is -0.445 e. The van der Waals surface area contributed by atoms with Gasteiger partial charge in [-0.15, -0.1) is 0 Å². The van der Waals surface area contributed by atoms with Crippen LogP contribution in [0.15, 0.2) is 35.9 Å². The zero-order valence-corrected chi connectivity index (χ0v) is 21.0. The summed E-state index contributed by atoms with van der Waals surface area (Å²) < 4.78 is 6.18. The van der Waals surface area contributed by atoms with Gasteiger partial charge in [0, 0.05) is 31.0 Å². The van der Waals surface area contributed by atoms with Gasteiger partial charge in [0.05, 0.1) is 0 Å². The first kappa shape index (κ1) is 22.4. The second kappa shape index (κ2) is 7.96. The van der Waals surface area contributed by atoms with Gasteiger partial charge in [0.1, 0.15) is 6.10 Å². The fourth-order valence-electron chi connectivity index (χ4n) is 9.05. The molecule has 1 aromatic carbocycles. The standard InChI is InChI=1S/C30H39NO3/c1-19-4-7-21(8-5-19)31-17-14-27(34-28(31)33)26-11-10-24-23-9-6-20-18-22(32)12-15-29(20,2)25(23)13-16-30(24,26)3/h4-5,7-8,18,23-27H,6,9-17H2,1-3H3/t23-,24-,25-,26+,27?,29-,30-/m0/s1. The quantitative estimate of drug-likeness (QED) is 0.483. The molecule has 4 aliphatic carbocycles. The minimum absolute atomic E-state index is 0.0442. The number of anilines is 1. The molecule has 1 amide bonds. The molecule has 1 aliphatic heterocycles. The highest BCUT2D eigenvalue weighted by Crippen LogP contribution is 2.67. The Kier molecular flexibility index (Phi) is 5.24. The molecule has 0 radical (unpaired) electrons. The van der Waals surface area contributed by atoms with Crippen molar-refractivity contribution in [2.75, 3.05) is 11.4 Å². The van der Waals surface area contributed by atoms with Crippen LogP contribution < -0.4 is 4.90 Å². The molecule has 182 valence electrons. The van der Waals surface area contributed by atoms with Gasteiger partial charge in [0.15, 0.2) is 5.78 Å².